The quantitative estimate of drug-likeness (QED) is 0.101. The largest absolute Gasteiger partial charge is 0.325 e. The van der Waals surface area contributed by atoms with Crippen LogP contribution in [0.1, 0.15) is 37.9 Å². The molecule has 46 heavy (non-hydrogen) atoms. The number of rotatable bonds is 10. The van der Waals surface area contributed by atoms with E-state index in [2.05, 4.69) is 31.9 Å². The van der Waals surface area contributed by atoms with Gasteiger partial charge in [-0.3, -0.25) is 14.4 Å². The van der Waals surface area contributed by atoms with Crippen molar-refractivity contribution in [1.29, 1.82) is 0 Å². The Morgan fingerprint density at radius 1 is 0.739 bits per heavy atom. The van der Waals surface area contributed by atoms with Crippen molar-refractivity contribution in [2.45, 2.75) is 24.0 Å². The molecule has 1 atom stereocenters. The molecule has 0 aliphatic carbocycles. The van der Waals surface area contributed by atoms with Crippen molar-refractivity contribution in [3.63, 3.8) is 0 Å². The van der Waals surface area contributed by atoms with E-state index in [9.17, 15) is 14.4 Å². The zero-order valence-corrected chi connectivity index (χ0v) is 27.7. The van der Waals surface area contributed by atoms with E-state index in [1.807, 2.05) is 105 Å². The van der Waals surface area contributed by atoms with Gasteiger partial charge in [-0.05, 0) is 96.8 Å². The Morgan fingerprint density at radius 2 is 1.43 bits per heavy atom. The van der Waals surface area contributed by atoms with Crippen molar-refractivity contribution in [2.75, 3.05) is 10.6 Å². The van der Waals surface area contributed by atoms with Gasteiger partial charge >= 0.3 is 0 Å². The van der Waals surface area contributed by atoms with Gasteiger partial charge in [0.2, 0.25) is 5.91 Å². The maximum atomic E-state index is 13.6. The number of amides is 3. The number of thioether (sulfide) groups is 1. The third-order valence-corrected chi connectivity index (χ3v) is 8.81. The SMILES string of the molecule is Cc1ccc(C)c(NC(=O)C(Sc2ccc(NC(=O)/C(=C/c3cccc(Br)c3)NC(=O)c3ccccc3)cc2)c2ccccc2)c1. The molecule has 0 spiro atoms. The van der Waals surface area contributed by atoms with Gasteiger partial charge in [-0.15, -0.1) is 11.8 Å². The number of anilines is 2. The zero-order valence-electron chi connectivity index (χ0n) is 25.3. The van der Waals surface area contributed by atoms with Gasteiger partial charge in [0.25, 0.3) is 11.8 Å². The Labute approximate surface area is 281 Å². The van der Waals surface area contributed by atoms with Crippen molar-refractivity contribution in [3.8, 4) is 0 Å². The van der Waals surface area contributed by atoms with Crippen LogP contribution in [-0.2, 0) is 9.59 Å². The van der Waals surface area contributed by atoms with Crippen LogP contribution in [0.25, 0.3) is 6.08 Å². The van der Waals surface area contributed by atoms with Gasteiger partial charge in [-0.25, -0.2) is 0 Å². The van der Waals surface area contributed by atoms with Gasteiger partial charge in [-0.1, -0.05) is 88.7 Å². The van der Waals surface area contributed by atoms with Gasteiger partial charge in [0.1, 0.15) is 10.9 Å². The summed E-state index contributed by atoms with van der Waals surface area (Å²) in [5.41, 5.74) is 5.54. The van der Waals surface area contributed by atoms with E-state index in [4.69, 9.17) is 0 Å². The second-order valence-electron chi connectivity index (χ2n) is 10.6. The first-order chi connectivity index (χ1) is 22.2. The number of benzene rings is 5. The van der Waals surface area contributed by atoms with Gasteiger partial charge in [0, 0.05) is 26.3 Å². The fraction of sp³-hybridized carbons (Fsp3) is 0.0789. The van der Waals surface area contributed by atoms with E-state index < -0.39 is 17.1 Å². The van der Waals surface area contributed by atoms with Gasteiger partial charge in [0.15, 0.2) is 0 Å². The van der Waals surface area contributed by atoms with Crippen LogP contribution < -0.4 is 16.0 Å². The van der Waals surface area contributed by atoms with Gasteiger partial charge < -0.3 is 16.0 Å². The first-order valence-corrected chi connectivity index (χ1v) is 16.3. The monoisotopic (exact) mass is 689 g/mol. The Kier molecular flexibility index (Phi) is 10.9. The molecule has 5 rings (SSSR count). The molecule has 0 radical (unpaired) electrons. The highest BCUT2D eigenvalue weighted by atomic mass is 79.9. The number of aryl methyl sites for hydroxylation is 2. The first kappa shape index (κ1) is 32.5. The molecule has 0 aliphatic heterocycles. The molecule has 0 saturated carbocycles. The lowest BCUT2D eigenvalue weighted by Gasteiger charge is -2.18. The molecular formula is C38H32BrN3O3S. The van der Waals surface area contributed by atoms with Crippen LogP contribution in [0.4, 0.5) is 11.4 Å². The molecule has 3 amide bonds. The molecule has 0 bridgehead atoms. The van der Waals surface area contributed by atoms with Crippen LogP contribution in [0.5, 0.6) is 0 Å². The molecule has 0 heterocycles. The van der Waals surface area contributed by atoms with E-state index in [1.54, 1.807) is 42.5 Å². The summed E-state index contributed by atoms with van der Waals surface area (Å²) >= 11 is 4.88. The van der Waals surface area contributed by atoms with Crippen LogP contribution in [-0.4, -0.2) is 17.7 Å². The molecule has 1 unspecified atom stereocenters. The molecule has 6 nitrogen and oxygen atoms in total. The Morgan fingerprint density at radius 3 is 2.13 bits per heavy atom. The van der Waals surface area contributed by atoms with Gasteiger partial charge in [-0.2, -0.15) is 0 Å². The highest BCUT2D eigenvalue weighted by Crippen LogP contribution is 2.37. The van der Waals surface area contributed by atoms with Crippen molar-refractivity contribution in [1.82, 2.24) is 5.32 Å². The molecule has 3 N–H and O–H groups in total. The summed E-state index contributed by atoms with van der Waals surface area (Å²) in [6.45, 7) is 3.97. The summed E-state index contributed by atoms with van der Waals surface area (Å²) in [5.74, 6) is -0.992. The van der Waals surface area contributed by atoms with Crippen molar-refractivity contribution >= 4 is 62.9 Å². The highest BCUT2D eigenvalue weighted by Gasteiger charge is 2.23. The van der Waals surface area contributed by atoms with Crippen LogP contribution in [0, 0.1) is 13.8 Å². The van der Waals surface area contributed by atoms with Crippen molar-refractivity contribution < 1.29 is 14.4 Å². The maximum Gasteiger partial charge on any atom is 0.272 e. The Balaban J connectivity index is 1.33. The number of hydrogen-bond donors (Lipinski definition) is 3. The lowest BCUT2D eigenvalue weighted by molar-refractivity contribution is -0.116. The van der Waals surface area contributed by atoms with E-state index in [0.29, 0.717) is 11.3 Å². The van der Waals surface area contributed by atoms with Gasteiger partial charge in [0.05, 0.1) is 0 Å². The van der Waals surface area contributed by atoms with Crippen LogP contribution >= 0.6 is 27.7 Å². The highest BCUT2D eigenvalue weighted by molar-refractivity contribution is 9.10. The maximum absolute atomic E-state index is 13.6. The fourth-order valence-corrected chi connectivity index (χ4v) is 6.07. The minimum absolute atomic E-state index is 0.0951. The third kappa shape index (κ3) is 8.84. The normalized spacial score (nSPS) is 11.8. The van der Waals surface area contributed by atoms with E-state index in [1.165, 1.54) is 11.8 Å². The number of nitrogens with one attached hydrogen (secondary N) is 3. The molecule has 0 aliphatic rings. The van der Waals surface area contributed by atoms with Crippen LogP contribution in [0.2, 0.25) is 0 Å². The average Bonchev–Trinajstić information content (AvgIpc) is 3.06. The Hall–Kier alpha value is -4.92. The summed E-state index contributed by atoms with van der Waals surface area (Å²) in [6.07, 6.45) is 1.63. The average molecular weight is 691 g/mol. The predicted molar refractivity (Wildman–Crippen MR) is 191 cm³/mol. The number of halogens is 1. The molecule has 230 valence electrons. The second kappa shape index (κ2) is 15.4. The van der Waals surface area contributed by atoms with E-state index in [-0.39, 0.29) is 11.6 Å². The number of carbonyl (C=O) groups is 3. The lowest BCUT2D eigenvalue weighted by Crippen LogP contribution is -2.30. The molecule has 5 aromatic rings. The van der Waals surface area contributed by atoms with Crippen molar-refractivity contribution in [2.24, 2.45) is 0 Å². The second-order valence-corrected chi connectivity index (χ2v) is 12.7. The van der Waals surface area contributed by atoms with Crippen LogP contribution in [0.3, 0.4) is 0 Å². The summed E-state index contributed by atoms with van der Waals surface area (Å²) in [6, 6.07) is 39.1. The standard InChI is InChI=1S/C38H32BrN3O3S/c1-25-16-17-26(2)33(22-25)41-38(45)35(28-11-5-3-6-12-28)46-32-20-18-31(19-21-32)40-37(44)34(24-27-10-9-15-30(39)23-27)42-36(43)29-13-7-4-8-14-29/h3-24,35H,1-2H3,(H,40,44)(H,41,45)(H,42,43)/b34-24-. The minimum atomic E-state index is -0.505. The molecule has 8 heteroatoms. The predicted octanol–water partition coefficient (Wildman–Crippen LogP) is 8.95. The first-order valence-electron chi connectivity index (χ1n) is 14.6. The lowest BCUT2D eigenvalue weighted by atomic mass is 10.1. The third-order valence-electron chi connectivity index (χ3n) is 7.05. The summed E-state index contributed by atoms with van der Waals surface area (Å²) in [5, 5.41) is 8.26. The zero-order chi connectivity index (χ0) is 32.5. The molecule has 0 aromatic heterocycles. The number of carbonyl (C=O) groups excluding carboxylic acids is 3. The number of hydrogen-bond acceptors (Lipinski definition) is 4. The molecule has 0 saturated heterocycles. The molecule has 5 aromatic carbocycles. The molecule has 0 fully saturated rings. The van der Waals surface area contributed by atoms with Crippen molar-refractivity contribution in [3.05, 3.63) is 165 Å². The minimum Gasteiger partial charge on any atom is -0.325 e. The van der Waals surface area contributed by atoms with Crippen LogP contribution in [0.15, 0.2) is 142 Å². The summed E-state index contributed by atoms with van der Waals surface area (Å²) in [4.78, 5) is 40.9. The summed E-state index contributed by atoms with van der Waals surface area (Å²) in [7, 11) is 0. The smallest absolute Gasteiger partial charge is 0.272 e. The summed E-state index contributed by atoms with van der Waals surface area (Å²) < 4.78 is 0.847. The van der Waals surface area contributed by atoms with E-state index in [0.717, 1.165) is 37.3 Å². The fourth-order valence-electron chi connectivity index (χ4n) is 4.63. The Bertz CT molecular complexity index is 1880. The van der Waals surface area contributed by atoms with E-state index >= 15 is 0 Å². The topological polar surface area (TPSA) is 87.3 Å². The molecular weight excluding hydrogens is 658 g/mol.